The van der Waals surface area contributed by atoms with Crippen LogP contribution in [0, 0.1) is 17.6 Å². The molecule has 2 N–H and O–H groups in total. The third-order valence-corrected chi connectivity index (χ3v) is 6.79. The second kappa shape index (κ2) is 8.28. The summed E-state index contributed by atoms with van der Waals surface area (Å²) < 4.78 is 28.5. The van der Waals surface area contributed by atoms with E-state index in [9.17, 15) is 13.6 Å². The first-order valence-corrected chi connectivity index (χ1v) is 10.9. The molecule has 1 saturated heterocycles. The number of nitrogens with zero attached hydrogens (tertiary/aromatic N) is 2. The van der Waals surface area contributed by atoms with Crippen LogP contribution < -0.4 is 16.2 Å². The van der Waals surface area contributed by atoms with Gasteiger partial charge in [-0.25, -0.2) is 13.5 Å². The van der Waals surface area contributed by atoms with Gasteiger partial charge in [0.2, 0.25) is 0 Å². The minimum atomic E-state index is -0.686. The lowest BCUT2D eigenvalue weighted by atomic mass is 10.0. The van der Waals surface area contributed by atoms with E-state index < -0.39 is 11.6 Å². The van der Waals surface area contributed by atoms with E-state index in [0.717, 1.165) is 30.3 Å². The van der Waals surface area contributed by atoms with Gasteiger partial charge in [-0.3, -0.25) is 4.79 Å². The summed E-state index contributed by atoms with van der Waals surface area (Å²) in [5.74, 6) is -0.784. The van der Waals surface area contributed by atoms with E-state index >= 15 is 0 Å². The van der Waals surface area contributed by atoms with E-state index in [2.05, 4.69) is 34.1 Å². The number of hydrogen-bond donors (Lipinski definition) is 2. The summed E-state index contributed by atoms with van der Waals surface area (Å²) in [7, 11) is 0. The Kier molecular flexibility index (Phi) is 5.33. The standard InChI is InChI=1S/C23H20F2N4OS/c24-18-7-16(8-19(25)9-18)20-4-5-22(30)29(28-20)13-14-2-1-3-15(6-14)23-27-12-21(31-23)17-10-26-11-17/h1-9,12,17,23,26-27H,10-11,13H2. The zero-order valence-electron chi connectivity index (χ0n) is 16.5. The number of hydrogen-bond acceptors (Lipinski definition) is 5. The molecule has 0 amide bonds. The topological polar surface area (TPSA) is 59.0 Å². The van der Waals surface area contributed by atoms with Crippen LogP contribution >= 0.6 is 11.8 Å². The highest BCUT2D eigenvalue weighted by Crippen LogP contribution is 2.41. The van der Waals surface area contributed by atoms with Crippen LogP contribution in [0.1, 0.15) is 16.5 Å². The molecule has 1 fully saturated rings. The maximum absolute atomic E-state index is 13.6. The van der Waals surface area contributed by atoms with E-state index in [1.165, 1.54) is 33.9 Å². The first-order valence-electron chi connectivity index (χ1n) is 10.0. The van der Waals surface area contributed by atoms with Crippen LogP contribution in [-0.4, -0.2) is 22.9 Å². The Hall–Kier alpha value is -2.97. The highest BCUT2D eigenvalue weighted by molar-refractivity contribution is 8.03. The fraction of sp³-hybridized carbons (Fsp3) is 0.217. The number of aromatic nitrogens is 2. The van der Waals surface area contributed by atoms with E-state index in [-0.39, 0.29) is 23.0 Å². The van der Waals surface area contributed by atoms with Gasteiger partial charge in [0.25, 0.3) is 5.56 Å². The van der Waals surface area contributed by atoms with Crippen molar-refractivity contribution in [3.63, 3.8) is 0 Å². The predicted molar refractivity (Wildman–Crippen MR) is 117 cm³/mol. The van der Waals surface area contributed by atoms with Crippen molar-refractivity contribution >= 4 is 11.8 Å². The first-order chi connectivity index (χ1) is 15.0. The molecule has 0 saturated carbocycles. The Morgan fingerprint density at radius 3 is 2.61 bits per heavy atom. The Morgan fingerprint density at radius 2 is 1.87 bits per heavy atom. The molecule has 0 aliphatic carbocycles. The number of benzene rings is 2. The molecule has 1 unspecified atom stereocenters. The minimum Gasteiger partial charge on any atom is -0.375 e. The monoisotopic (exact) mass is 438 g/mol. The van der Waals surface area contributed by atoms with Crippen LogP contribution in [0.4, 0.5) is 8.78 Å². The van der Waals surface area contributed by atoms with Crippen LogP contribution in [0.3, 0.4) is 0 Å². The fourth-order valence-corrected chi connectivity index (χ4v) is 4.86. The molecule has 3 heterocycles. The van der Waals surface area contributed by atoms with Gasteiger partial charge in [0.05, 0.1) is 12.2 Å². The van der Waals surface area contributed by atoms with Gasteiger partial charge in [-0.05, 0) is 29.3 Å². The molecule has 2 aromatic carbocycles. The smallest absolute Gasteiger partial charge is 0.267 e. The molecule has 31 heavy (non-hydrogen) atoms. The molecule has 1 aromatic heterocycles. The maximum Gasteiger partial charge on any atom is 0.267 e. The van der Waals surface area contributed by atoms with Crippen molar-refractivity contribution in [3.05, 3.63) is 98.8 Å². The van der Waals surface area contributed by atoms with E-state index in [1.54, 1.807) is 0 Å². The summed E-state index contributed by atoms with van der Waals surface area (Å²) in [5, 5.41) is 11.2. The Morgan fingerprint density at radius 1 is 1.06 bits per heavy atom. The molecule has 158 valence electrons. The van der Waals surface area contributed by atoms with E-state index in [0.29, 0.717) is 11.6 Å². The Bertz CT molecular complexity index is 1200. The average molecular weight is 439 g/mol. The molecule has 2 aliphatic heterocycles. The average Bonchev–Trinajstić information content (AvgIpc) is 3.17. The Balaban J connectivity index is 1.36. The molecule has 1 atom stereocenters. The number of nitrogens with one attached hydrogen (secondary N) is 2. The molecule has 3 aromatic rings. The van der Waals surface area contributed by atoms with E-state index in [4.69, 9.17) is 0 Å². The summed E-state index contributed by atoms with van der Waals surface area (Å²) in [6.07, 6.45) is 2.10. The van der Waals surface area contributed by atoms with Gasteiger partial charge in [-0.15, -0.1) is 0 Å². The lowest BCUT2D eigenvalue weighted by Crippen LogP contribution is -2.42. The van der Waals surface area contributed by atoms with Crippen LogP contribution in [-0.2, 0) is 6.54 Å². The zero-order valence-corrected chi connectivity index (χ0v) is 17.3. The molecular formula is C23H20F2N4OS. The number of halogens is 2. The molecule has 8 heteroatoms. The molecule has 0 radical (unpaired) electrons. The van der Waals surface area contributed by atoms with E-state index in [1.807, 2.05) is 23.9 Å². The van der Waals surface area contributed by atoms with Crippen molar-refractivity contribution in [1.29, 1.82) is 0 Å². The zero-order chi connectivity index (χ0) is 21.4. The third kappa shape index (κ3) is 4.26. The number of thioether (sulfide) groups is 1. The molecule has 5 nitrogen and oxygen atoms in total. The third-order valence-electron chi connectivity index (χ3n) is 5.43. The van der Waals surface area contributed by atoms with Crippen LogP contribution in [0.25, 0.3) is 11.3 Å². The van der Waals surface area contributed by atoms with Gasteiger partial charge < -0.3 is 10.6 Å². The molecule has 2 aliphatic rings. The van der Waals surface area contributed by atoms with Gasteiger partial charge in [0, 0.05) is 47.8 Å². The maximum atomic E-state index is 13.6. The highest BCUT2D eigenvalue weighted by atomic mass is 32.2. The summed E-state index contributed by atoms with van der Waals surface area (Å²) in [4.78, 5) is 13.7. The molecular weight excluding hydrogens is 418 g/mol. The van der Waals surface area contributed by atoms with Crippen molar-refractivity contribution in [2.75, 3.05) is 13.1 Å². The number of rotatable bonds is 5. The molecule has 0 bridgehead atoms. The van der Waals surface area contributed by atoms with Gasteiger partial charge in [-0.2, -0.15) is 5.10 Å². The lowest BCUT2D eigenvalue weighted by molar-refractivity contribution is 0.413. The second-order valence-corrected chi connectivity index (χ2v) is 8.86. The SMILES string of the molecule is O=c1ccc(-c2cc(F)cc(F)c2)nn1Cc1cccc(C2NC=C(C3CNC3)S2)c1. The van der Waals surface area contributed by atoms with Gasteiger partial charge >= 0.3 is 0 Å². The fourth-order valence-electron chi connectivity index (χ4n) is 3.68. The second-order valence-electron chi connectivity index (χ2n) is 7.68. The highest BCUT2D eigenvalue weighted by Gasteiger charge is 2.28. The molecule has 0 spiro atoms. The van der Waals surface area contributed by atoms with Crippen molar-refractivity contribution in [2.24, 2.45) is 5.92 Å². The van der Waals surface area contributed by atoms with Crippen molar-refractivity contribution < 1.29 is 8.78 Å². The van der Waals surface area contributed by atoms with Gasteiger partial charge in [-0.1, -0.05) is 36.0 Å². The van der Waals surface area contributed by atoms with Crippen LogP contribution in [0.2, 0.25) is 0 Å². The summed E-state index contributed by atoms with van der Waals surface area (Å²) in [6.45, 7) is 2.31. The van der Waals surface area contributed by atoms with Gasteiger partial charge in [0.1, 0.15) is 17.0 Å². The quantitative estimate of drug-likeness (QED) is 0.637. The summed E-state index contributed by atoms with van der Waals surface area (Å²) in [5.41, 5.74) is 2.40. The molecule has 5 rings (SSSR count). The summed E-state index contributed by atoms with van der Waals surface area (Å²) >= 11 is 1.82. The Labute approximate surface area is 182 Å². The van der Waals surface area contributed by atoms with Crippen LogP contribution in [0.5, 0.6) is 0 Å². The van der Waals surface area contributed by atoms with Crippen LogP contribution in [0.15, 0.2) is 70.5 Å². The summed E-state index contributed by atoms with van der Waals surface area (Å²) in [6, 6.07) is 14.1. The normalized spacial score (nSPS) is 18.4. The first kappa shape index (κ1) is 20.0. The minimum absolute atomic E-state index is 0.141. The predicted octanol–water partition coefficient (Wildman–Crippen LogP) is 3.63. The van der Waals surface area contributed by atoms with Crippen molar-refractivity contribution in [3.8, 4) is 11.3 Å². The van der Waals surface area contributed by atoms with Crippen molar-refractivity contribution in [2.45, 2.75) is 11.9 Å². The largest absolute Gasteiger partial charge is 0.375 e. The lowest BCUT2D eigenvalue weighted by Gasteiger charge is -2.27. The van der Waals surface area contributed by atoms with Crippen molar-refractivity contribution in [1.82, 2.24) is 20.4 Å². The van der Waals surface area contributed by atoms with Gasteiger partial charge in [0.15, 0.2) is 0 Å².